The number of halogens is 1. The molecule has 0 amide bonds. The normalized spacial score (nSPS) is 11.3. The van der Waals surface area contributed by atoms with E-state index in [1.54, 1.807) is 17.7 Å². The van der Waals surface area contributed by atoms with E-state index in [0.29, 0.717) is 23.8 Å². The van der Waals surface area contributed by atoms with Crippen molar-refractivity contribution in [3.8, 4) is 22.3 Å². The Morgan fingerprint density at radius 2 is 1.63 bits per heavy atom. The van der Waals surface area contributed by atoms with Crippen molar-refractivity contribution in [2.24, 2.45) is 0 Å². The van der Waals surface area contributed by atoms with Crippen LogP contribution in [-0.2, 0) is 17.9 Å². The van der Waals surface area contributed by atoms with Gasteiger partial charge in [0.2, 0.25) is 0 Å². The lowest BCUT2D eigenvalue weighted by Gasteiger charge is -2.12. The zero-order valence-electron chi connectivity index (χ0n) is 19.8. The summed E-state index contributed by atoms with van der Waals surface area (Å²) in [5.41, 5.74) is 8.09. The van der Waals surface area contributed by atoms with Crippen molar-refractivity contribution >= 4 is 17.2 Å². The van der Waals surface area contributed by atoms with Gasteiger partial charge in [-0.2, -0.15) is 0 Å². The Morgan fingerprint density at radius 1 is 0.914 bits per heavy atom. The molecule has 5 aromatic rings. The molecule has 0 saturated carbocycles. The van der Waals surface area contributed by atoms with E-state index in [-0.39, 0.29) is 5.69 Å². The van der Waals surface area contributed by atoms with Crippen LogP contribution in [0.1, 0.15) is 22.5 Å². The number of hydrogen-bond donors (Lipinski definition) is 0. The Bertz CT molecular complexity index is 1570. The van der Waals surface area contributed by atoms with Gasteiger partial charge in [0.05, 0.1) is 13.2 Å². The highest BCUT2D eigenvalue weighted by molar-refractivity contribution is 6.30. The summed E-state index contributed by atoms with van der Waals surface area (Å²) >= 11 is 6.14. The van der Waals surface area contributed by atoms with E-state index in [1.165, 1.54) is 4.68 Å². The molecule has 0 bridgehead atoms. The van der Waals surface area contributed by atoms with Gasteiger partial charge in [0.15, 0.2) is 5.65 Å². The number of benzene rings is 2. The fraction of sp³-hybridized carbons (Fsp3) is 0.179. The molecule has 35 heavy (non-hydrogen) atoms. The molecule has 0 N–H and O–H groups in total. The first-order chi connectivity index (χ1) is 16.9. The molecule has 0 aliphatic heterocycles. The molecule has 2 aromatic carbocycles. The Labute approximate surface area is 208 Å². The van der Waals surface area contributed by atoms with E-state index in [4.69, 9.17) is 21.4 Å². The molecule has 3 heterocycles. The van der Waals surface area contributed by atoms with E-state index < -0.39 is 0 Å². The molecular weight excluding hydrogens is 460 g/mol. The van der Waals surface area contributed by atoms with Crippen LogP contribution in [0.5, 0.6) is 0 Å². The second-order valence-electron chi connectivity index (χ2n) is 8.57. The number of nitrogens with zero attached hydrogens (tertiary/aromatic N) is 4. The maximum Gasteiger partial charge on any atom is 0.350 e. The van der Waals surface area contributed by atoms with Crippen molar-refractivity contribution in [2.75, 3.05) is 7.11 Å². The molecule has 0 saturated heterocycles. The monoisotopic (exact) mass is 484 g/mol. The number of pyridine rings is 2. The molecule has 6 nitrogen and oxygen atoms in total. The third-order valence-corrected chi connectivity index (χ3v) is 6.37. The third-order valence-electron chi connectivity index (χ3n) is 6.12. The molecule has 0 radical (unpaired) electrons. The average Bonchev–Trinajstić information content (AvgIpc) is 3.17. The van der Waals surface area contributed by atoms with Crippen LogP contribution < -0.4 is 5.69 Å². The number of methoxy groups -OCH3 is 1. The van der Waals surface area contributed by atoms with Gasteiger partial charge in [0.25, 0.3) is 0 Å². The number of aromatic nitrogens is 4. The predicted molar refractivity (Wildman–Crippen MR) is 139 cm³/mol. The zero-order valence-corrected chi connectivity index (χ0v) is 20.6. The topological polar surface area (TPSA) is 61.4 Å². The summed E-state index contributed by atoms with van der Waals surface area (Å²) in [7, 11) is 1.68. The van der Waals surface area contributed by atoms with Crippen LogP contribution in [0.3, 0.4) is 0 Å². The Hall–Kier alpha value is -3.74. The Kier molecular flexibility index (Phi) is 6.24. The largest absolute Gasteiger partial charge is 0.380 e. The van der Waals surface area contributed by atoms with Gasteiger partial charge in [-0.25, -0.2) is 13.9 Å². The molecule has 0 fully saturated rings. The second-order valence-corrected chi connectivity index (χ2v) is 9.01. The third kappa shape index (κ3) is 4.50. The summed E-state index contributed by atoms with van der Waals surface area (Å²) in [4.78, 5) is 17.9. The van der Waals surface area contributed by atoms with Gasteiger partial charge in [-0.1, -0.05) is 54.1 Å². The van der Waals surface area contributed by atoms with Crippen LogP contribution in [0.25, 0.3) is 27.9 Å². The SMILES string of the molecule is COCc1ccc(-c2c(-c3ccc(Cl)cc3)ccn3c(=O)n(Cc4ccc(C)nc4C)nc23)cc1. The molecule has 0 spiro atoms. The minimum Gasteiger partial charge on any atom is -0.380 e. The highest BCUT2D eigenvalue weighted by Gasteiger charge is 2.18. The summed E-state index contributed by atoms with van der Waals surface area (Å²) in [6.07, 6.45) is 1.79. The molecule has 176 valence electrons. The zero-order chi connectivity index (χ0) is 24.5. The first kappa shape index (κ1) is 23.0. The lowest BCUT2D eigenvalue weighted by atomic mass is 9.95. The van der Waals surface area contributed by atoms with E-state index >= 15 is 0 Å². The lowest BCUT2D eigenvalue weighted by Crippen LogP contribution is -2.22. The quantitative estimate of drug-likeness (QED) is 0.310. The fourth-order valence-corrected chi connectivity index (χ4v) is 4.44. The van der Waals surface area contributed by atoms with Gasteiger partial charge < -0.3 is 4.74 Å². The first-order valence-electron chi connectivity index (χ1n) is 11.3. The van der Waals surface area contributed by atoms with Crippen molar-refractivity contribution < 1.29 is 4.74 Å². The van der Waals surface area contributed by atoms with Crippen LogP contribution in [0.2, 0.25) is 5.02 Å². The molecular formula is C28H25ClN4O2. The van der Waals surface area contributed by atoms with Gasteiger partial charge >= 0.3 is 5.69 Å². The smallest absolute Gasteiger partial charge is 0.350 e. The average molecular weight is 485 g/mol. The Morgan fingerprint density at radius 3 is 2.31 bits per heavy atom. The highest BCUT2D eigenvalue weighted by Crippen LogP contribution is 2.35. The van der Waals surface area contributed by atoms with Crippen molar-refractivity contribution in [2.45, 2.75) is 27.0 Å². The van der Waals surface area contributed by atoms with Crippen LogP contribution >= 0.6 is 11.6 Å². The van der Waals surface area contributed by atoms with Crippen LogP contribution in [-0.4, -0.2) is 26.3 Å². The number of fused-ring (bicyclic) bond motifs is 1. The van der Waals surface area contributed by atoms with E-state index in [1.807, 2.05) is 80.6 Å². The van der Waals surface area contributed by atoms with E-state index in [2.05, 4.69) is 4.98 Å². The van der Waals surface area contributed by atoms with Crippen LogP contribution in [0.4, 0.5) is 0 Å². The molecule has 0 aliphatic carbocycles. The van der Waals surface area contributed by atoms with Gasteiger partial charge in [-0.3, -0.25) is 4.98 Å². The molecule has 0 aliphatic rings. The molecule has 3 aromatic heterocycles. The van der Waals surface area contributed by atoms with E-state index in [0.717, 1.165) is 44.8 Å². The predicted octanol–water partition coefficient (Wildman–Crippen LogP) is 5.69. The lowest BCUT2D eigenvalue weighted by molar-refractivity contribution is 0.185. The standard InChI is InChI=1S/C28H25ClN4O2/c1-18-4-7-23(19(2)30-18)16-33-28(34)32-15-14-25(21-10-12-24(29)13-11-21)26(27(32)31-33)22-8-5-20(6-9-22)17-35-3/h4-15H,16-17H2,1-3H3. The molecule has 0 unspecified atom stereocenters. The van der Waals surface area contributed by atoms with Gasteiger partial charge in [0.1, 0.15) is 0 Å². The minimum atomic E-state index is -0.195. The van der Waals surface area contributed by atoms with Gasteiger partial charge in [-0.05, 0) is 65.9 Å². The number of hydrogen-bond acceptors (Lipinski definition) is 4. The highest BCUT2D eigenvalue weighted by atomic mass is 35.5. The van der Waals surface area contributed by atoms with Gasteiger partial charge in [-0.15, -0.1) is 5.10 Å². The minimum absolute atomic E-state index is 0.195. The Balaban J connectivity index is 1.70. The molecule has 0 atom stereocenters. The van der Waals surface area contributed by atoms with Crippen molar-refractivity contribution in [3.63, 3.8) is 0 Å². The first-order valence-corrected chi connectivity index (χ1v) is 11.7. The summed E-state index contributed by atoms with van der Waals surface area (Å²) in [5, 5.41) is 5.47. The molecule has 5 rings (SSSR count). The number of aryl methyl sites for hydroxylation is 2. The van der Waals surface area contributed by atoms with Crippen molar-refractivity contribution in [1.82, 2.24) is 19.2 Å². The van der Waals surface area contributed by atoms with E-state index in [9.17, 15) is 4.79 Å². The summed E-state index contributed by atoms with van der Waals surface area (Å²) in [5.74, 6) is 0. The fourth-order valence-electron chi connectivity index (χ4n) is 4.31. The molecule has 7 heteroatoms. The van der Waals surface area contributed by atoms with Crippen molar-refractivity contribution in [3.05, 3.63) is 111 Å². The van der Waals surface area contributed by atoms with Crippen LogP contribution in [0.15, 0.2) is 77.7 Å². The van der Waals surface area contributed by atoms with Crippen molar-refractivity contribution in [1.29, 1.82) is 0 Å². The maximum atomic E-state index is 13.3. The summed E-state index contributed by atoms with van der Waals surface area (Å²) in [6, 6.07) is 21.8. The van der Waals surface area contributed by atoms with Crippen LogP contribution in [0, 0.1) is 13.8 Å². The second kappa shape index (κ2) is 9.49. The number of rotatable bonds is 6. The summed E-state index contributed by atoms with van der Waals surface area (Å²) < 4.78 is 8.37. The van der Waals surface area contributed by atoms with Gasteiger partial charge in [0, 0.05) is 35.3 Å². The number of ether oxygens (including phenoxy) is 1. The summed E-state index contributed by atoms with van der Waals surface area (Å²) in [6.45, 7) is 4.79. The maximum absolute atomic E-state index is 13.3.